The Morgan fingerprint density at radius 2 is 1.63 bits per heavy atom. The summed E-state index contributed by atoms with van der Waals surface area (Å²) in [7, 11) is 0. The van der Waals surface area contributed by atoms with E-state index in [1.54, 1.807) is 29.4 Å². The number of unbranched alkanes of at least 4 members (excludes halogenated alkanes) is 5. The Balaban J connectivity index is 0. The van der Waals surface area contributed by atoms with Gasteiger partial charge >= 0.3 is 84.3 Å². The van der Waals surface area contributed by atoms with Gasteiger partial charge < -0.3 is 9.84 Å². The molecule has 0 aromatic carbocycles. The molecule has 0 fully saturated rings. The van der Waals surface area contributed by atoms with Crippen LogP contribution < -0.4 is 0 Å². The molecule has 0 rings (SSSR count). The fourth-order valence-electron chi connectivity index (χ4n) is 1.24. The van der Waals surface area contributed by atoms with E-state index in [-0.39, 0.29) is 6.61 Å². The fourth-order valence-corrected chi connectivity index (χ4v) is 1.95. The second kappa shape index (κ2) is 17.5. The maximum absolute atomic E-state index is 10.4. The van der Waals surface area contributed by atoms with Gasteiger partial charge in [-0.3, -0.25) is 0 Å². The first-order valence-electron chi connectivity index (χ1n) is 6.80. The van der Waals surface area contributed by atoms with Crippen molar-refractivity contribution in [2.75, 3.05) is 6.61 Å². The van der Waals surface area contributed by atoms with Crippen LogP contribution in [0.4, 0.5) is 0 Å². The van der Waals surface area contributed by atoms with Crippen molar-refractivity contribution in [2.24, 2.45) is 0 Å². The predicted molar refractivity (Wildman–Crippen MR) is 77.3 cm³/mol. The van der Waals surface area contributed by atoms with Crippen molar-refractivity contribution in [3.8, 4) is 0 Å². The van der Waals surface area contributed by atoms with E-state index in [2.05, 4.69) is 11.7 Å². The van der Waals surface area contributed by atoms with Gasteiger partial charge in [-0.25, -0.2) is 9.59 Å². The number of carboxylic acid groups (broad SMARTS) is 1. The molecule has 0 aliphatic rings. The Hall–Kier alpha value is -0.521. The molecular weight excluding hydrogens is 351 g/mol. The number of esters is 1. The van der Waals surface area contributed by atoms with Gasteiger partial charge in [-0.05, 0) is 6.92 Å². The van der Waals surface area contributed by atoms with Crippen LogP contribution in [0, 0.1) is 0 Å². The maximum Gasteiger partial charge on any atom is 0.330 e. The summed E-state index contributed by atoms with van der Waals surface area (Å²) in [5, 5.41) is 8.04. The van der Waals surface area contributed by atoms with Crippen molar-refractivity contribution in [3.63, 3.8) is 0 Å². The molecule has 0 atom stereocenters. The first-order chi connectivity index (χ1) is 9.08. The smallest absolute Gasteiger partial charge is 0.330 e. The number of carbonyl (C=O) groups is 2. The van der Waals surface area contributed by atoms with Crippen LogP contribution in [0.5, 0.6) is 0 Å². The third-order valence-electron chi connectivity index (χ3n) is 2.18. The van der Waals surface area contributed by atoms with Crippen LogP contribution >= 0.6 is 0 Å². The van der Waals surface area contributed by atoms with Gasteiger partial charge in [0.1, 0.15) is 0 Å². The van der Waals surface area contributed by atoms with Gasteiger partial charge in [-0.15, -0.1) is 0 Å². The summed E-state index contributed by atoms with van der Waals surface area (Å²) >= 11 is 1.71. The van der Waals surface area contributed by atoms with Crippen molar-refractivity contribution < 1.29 is 19.4 Å². The number of carbonyl (C=O) groups excluding carboxylic acids is 1. The molecule has 0 unspecified atom stereocenters. The summed E-state index contributed by atoms with van der Waals surface area (Å²) in [5.74, 6) is -1.79. The van der Waals surface area contributed by atoms with Gasteiger partial charge in [0.25, 0.3) is 0 Å². The normalized spacial score (nSPS) is 9.84. The van der Waals surface area contributed by atoms with Gasteiger partial charge in [0.2, 0.25) is 0 Å². The average molecular weight is 376 g/mol. The number of rotatable bonds is 9. The van der Waals surface area contributed by atoms with Crippen LogP contribution in [0.1, 0.15) is 52.4 Å². The maximum atomic E-state index is 10.4. The molecule has 0 bridgehead atoms. The molecule has 19 heavy (non-hydrogen) atoms. The van der Waals surface area contributed by atoms with Crippen LogP contribution in [-0.2, 0) is 14.3 Å². The molecule has 0 saturated carbocycles. The van der Waals surface area contributed by atoms with E-state index in [0.717, 1.165) is 12.2 Å². The van der Waals surface area contributed by atoms with Crippen LogP contribution in [-0.4, -0.2) is 46.2 Å². The minimum absolute atomic E-state index is 0.253. The first kappa shape index (κ1) is 20.8. The van der Waals surface area contributed by atoms with E-state index < -0.39 is 11.9 Å². The number of hydrogen-bond donors (Lipinski definition) is 1. The van der Waals surface area contributed by atoms with E-state index in [9.17, 15) is 9.59 Å². The van der Waals surface area contributed by atoms with E-state index in [1.807, 2.05) is 0 Å². The Kier molecular flexibility index (Phi) is 19.1. The van der Waals surface area contributed by atoms with Crippen LogP contribution in [0.2, 0.25) is 4.44 Å². The summed E-state index contributed by atoms with van der Waals surface area (Å²) in [6.45, 7) is 4.17. The number of hydrogen-bond acceptors (Lipinski definition) is 3. The largest absolute Gasteiger partial charge is 0.478 e. The van der Waals surface area contributed by atoms with E-state index in [4.69, 9.17) is 5.11 Å². The number of carboxylic acids is 1. The minimum Gasteiger partial charge on any atom is -0.478 e. The van der Waals surface area contributed by atoms with E-state index in [1.165, 1.54) is 43.0 Å². The molecule has 0 heterocycles. The summed E-state index contributed by atoms with van der Waals surface area (Å²) in [5.41, 5.74) is 0. The second-order valence-electron chi connectivity index (χ2n) is 3.94. The van der Waals surface area contributed by atoms with E-state index >= 15 is 0 Å². The topological polar surface area (TPSA) is 63.6 Å². The van der Waals surface area contributed by atoms with Gasteiger partial charge in [0.15, 0.2) is 0 Å². The van der Waals surface area contributed by atoms with Crippen LogP contribution in [0.15, 0.2) is 12.2 Å². The standard InChI is InChI=1S/C8H17.C6H8O4.Sn/c1-3-5-7-8-6-4-2;1-2-10-6(9)4-3-5(7)8;/h1,3-8H2,2H3;3-4H,2H2,1H3,(H,7,8);/b;4-3-;. The summed E-state index contributed by atoms with van der Waals surface area (Å²) < 4.78 is 5.86. The Labute approximate surface area is 129 Å². The molecule has 0 amide bonds. The Morgan fingerprint density at radius 3 is 2.11 bits per heavy atom. The fraction of sp³-hybridized carbons (Fsp3) is 0.714. The quantitative estimate of drug-likeness (QED) is 0.291. The zero-order valence-corrected chi connectivity index (χ0v) is 14.8. The van der Waals surface area contributed by atoms with Gasteiger partial charge in [0, 0.05) is 12.2 Å². The van der Waals surface area contributed by atoms with Crippen molar-refractivity contribution in [3.05, 3.63) is 12.2 Å². The molecule has 0 aliphatic heterocycles. The van der Waals surface area contributed by atoms with Crippen molar-refractivity contribution in [1.82, 2.24) is 0 Å². The summed E-state index contributed by atoms with van der Waals surface area (Å²) in [4.78, 5) is 20.2. The predicted octanol–water partition coefficient (Wildman–Crippen LogP) is 3.12. The van der Waals surface area contributed by atoms with Gasteiger partial charge in [-0.2, -0.15) is 0 Å². The Morgan fingerprint density at radius 1 is 1.05 bits per heavy atom. The SMILES string of the molecule is CCCCCCC[CH2][Sn].CCOC(=O)/C=C\C(=O)O. The zero-order valence-electron chi connectivity index (χ0n) is 12.0. The third kappa shape index (κ3) is 23.1. The molecular formula is C14H25O4Sn. The molecule has 109 valence electrons. The van der Waals surface area contributed by atoms with Gasteiger partial charge in [-0.1, -0.05) is 0 Å². The molecule has 4 nitrogen and oxygen atoms in total. The summed E-state index contributed by atoms with van der Waals surface area (Å²) in [6, 6.07) is 0. The molecule has 0 saturated heterocycles. The number of ether oxygens (including phenoxy) is 1. The number of aliphatic carboxylic acids is 1. The average Bonchev–Trinajstić information content (AvgIpc) is 2.37. The van der Waals surface area contributed by atoms with E-state index in [0.29, 0.717) is 0 Å². The minimum atomic E-state index is -1.16. The van der Waals surface area contributed by atoms with Crippen LogP contribution in [0.3, 0.4) is 0 Å². The van der Waals surface area contributed by atoms with Crippen molar-refractivity contribution in [2.45, 2.75) is 56.8 Å². The second-order valence-corrected chi connectivity index (χ2v) is 5.37. The molecule has 0 aromatic rings. The molecule has 1 N–H and O–H groups in total. The monoisotopic (exact) mass is 377 g/mol. The van der Waals surface area contributed by atoms with Crippen molar-refractivity contribution in [1.29, 1.82) is 0 Å². The molecule has 0 spiro atoms. The first-order valence-corrected chi connectivity index (χ1v) is 8.82. The van der Waals surface area contributed by atoms with Gasteiger partial charge in [0.05, 0.1) is 6.61 Å². The summed E-state index contributed by atoms with van der Waals surface area (Å²) in [6.07, 6.45) is 10.3. The zero-order chi connectivity index (χ0) is 14.9. The molecule has 3 radical (unpaired) electrons. The van der Waals surface area contributed by atoms with Crippen LogP contribution in [0.25, 0.3) is 0 Å². The third-order valence-corrected chi connectivity index (χ3v) is 3.19. The Bertz CT molecular complexity index is 246. The molecule has 0 aliphatic carbocycles. The molecule has 0 aromatic heterocycles. The van der Waals surface area contributed by atoms with Crippen molar-refractivity contribution >= 4 is 34.5 Å². The molecule has 5 heteroatoms.